The zero-order chi connectivity index (χ0) is 19.1. The molecule has 0 aliphatic carbocycles. The molecular weight excluding hydrogens is 354 g/mol. The second-order valence-corrected chi connectivity index (χ2v) is 8.18. The van der Waals surface area contributed by atoms with E-state index in [1.54, 1.807) is 0 Å². The number of hydrogen-bond donors (Lipinski definition) is 0. The van der Waals surface area contributed by atoms with Crippen LogP contribution in [0.5, 0.6) is 0 Å². The van der Waals surface area contributed by atoms with Crippen LogP contribution in [-0.4, -0.2) is 72.4 Å². The zero-order valence-corrected chi connectivity index (χ0v) is 16.7. The molecule has 0 bridgehead atoms. The van der Waals surface area contributed by atoms with Gasteiger partial charge in [0.15, 0.2) is 0 Å². The maximum Gasteiger partial charge on any atom is 0.254 e. The van der Waals surface area contributed by atoms with Crippen molar-refractivity contribution in [2.24, 2.45) is 7.05 Å². The summed E-state index contributed by atoms with van der Waals surface area (Å²) in [6, 6.07) is 6.86. The van der Waals surface area contributed by atoms with Crippen molar-refractivity contribution in [3.05, 3.63) is 35.0 Å². The quantitative estimate of drug-likeness (QED) is 0.798. The summed E-state index contributed by atoms with van der Waals surface area (Å²) >= 11 is 0. The minimum absolute atomic E-state index is 0.125. The molecule has 6 nitrogen and oxygen atoms in total. The molecule has 28 heavy (non-hydrogen) atoms. The van der Waals surface area contributed by atoms with E-state index in [0.717, 1.165) is 51.1 Å². The van der Waals surface area contributed by atoms with E-state index in [1.165, 1.54) is 22.2 Å². The summed E-state index contributed by atoms with van der Waals surface area (Å²) in [6.07, 6.45) is 3.33. The number of aryl methyl sites for hydroxylation is 1. The van der Waals surface area contributed by atoms with Crippen LogP contribution in [0.4, 0.5) is 0 Å². The number of ether oxygens (including phenoxy) is 2. The fourth-order valence-electron chi connectivity index (χ4n) is 5.04. The Morgan fingerprint density at radius 1 is 1.04 bits per heavy atom. The molecule has 150 valence electrons. The number of carbonyl (C=O) groups excluding carboxylic acids is 1. The molecule has 0 saturated carbocycles. The number of amides is 1. The van der Waals surface area contributed by atoms with Crippen LogP contribution < -0.4 is 0 Å². The first-order valence-corrected chi connectivity index (χ1v) is 10.5. The lowest BCUT2D eigenvalue weighted by atomic mass is 9.99. The second kappa shape index (κ2) is 7.50. The molecule has 2 saturated heterocycles. The van der Waals surface area contributed by atoms with Crippen molar-refractivity contribution in [2.45, 2.75) is 31.8 Å². The largest absolute Gasteiger partial charge is 0.381 e. The highest BCUT2D eigenvalue weighted by Crippen LogP contribution is 2.33. The maximum absolute atomic E-state index is 13.0. The molecule has 0 spiro atoms. The minimum Gasteiger partial charge on any atom is -0.381 e. The fraction of sp³-hybridized carbons (Fsp3) is 0.591. The van der Waals surface area contributed by atoms with Gasteiger partial charge in [-0.1, -0.05) is 0 Å². The van der Waals surface area contributed by atoms with Gasteiger partial charge in [0.2, 0.25) is 0 Å². The van der Waals surface area contributed by atoms with Gasteiger partial charge in [-0.2, -0.15) is 0 Å². The van der Waals surface area contributed by atoms with Gasteiger partial charge in [0, 0.05) is 81.1 Å². The normalized spacial score (nSPS) is 21.8. The summed E-state index contributed by atoms with van der Waals surface area (Å²) in [5.74, 6) is 0.125. The predicted molar refractivity (Wildman–Crippen MR) is 108 cm³/mol. The van der Waals surface area contributed by atoms with Crippen LogP contribution in [0.15, 0.2) is 18.2 Å². The fourth-order valence-corrected chi connectivity index (χ4v) is 5.04. The van der Waals surface area contributed by atoms with Gasteiger partial charge in [0.05, 0.1) is 13.2 Å². The number of aromatic nitrogens is 1. The first-order chi connectivity index (χ1) is 13.7. The Bertz CT molecular complexity index is 879. The SMILES string of the molecule is Cn1c2c(c3cc(C(=O)N4CCOCC4)ccc31)CN(C1CCOCC1)CC2. The highest BCUT2D eigenvalue weighted by Gasteiger charge is 2.29. The lowest BCUT2D eigenvalue weighted by molar-refractivity contribution is 0.0289. The van der Waals surface area contributed by atoms with E-state index in [0.29, 0.717) is 32.3 Å². The van der Waals surface area contributed by atoms with Gasteiger partial charge in [0.25, 0.3) is 5.91 Å². The molecule has 4 heterocycles. The van der Waals surface area contributed by atoms with Crippen LogP contribution in [0.25, 0.3) is 10.9 Å². The summed E-state index contributed by atoms with van der Waals surface area (Å²) in [5, 5.41) is 1.24. The number of benzene rings is 1. The van der Waals surface area contributed by atoms with Crippen molar-refractivity contribution >= 4 is 16.8 Å². The van der Waals surface area contributed by atoms with E-state index in [4.69, 9.17) is 9.47 Å². The van der Waals surface area contributed by atoms with E-state index in [1.807, 2.05) is 11.0 Å². The van der Waals surface area contributed by atoms with Crippen LogP contribution in [0.1, 0.15) is 34.5 Å². The number of nitrogens with zero attached hydrogens (tertiary/aromatic N) is 3. The van der Waals surface area contributed by atoms with E-state index in [2.05, 4.69) is 28.6 Å². The van der Waals surface area contributed by atoms with E-state index < -0.39 is 0 Å². The van der Waals surface area contributed by atoms with E-state index in [9.17, 15) is 4.79 Å². The number of carbonyl (C=O) groups is 1. The minimum atomic E-state index is 0.125. The van der Waals surface area contributed by atoms with Crippen molar-refractivity contribution in [1.29, 1.82) is 0 Å². The van der Waals surface area contributed by atoms with Crippen LogP contribution in [0, 0.1) is 0 Å². The topological polar surface area (TPSA) is 46.9 Å². The molecule has 6 heteroatoms. The van der Waals surface area contributed by atoms with Gasteiger partial charge < -0.3 is 18.9 Å². The molecule has 1 amide bonds. The Hall–Kier alpha value is -1.89. The Balaban J connectivity index is 1.47. The highest BCUT2D eigenvalue weighted by molar-refractivity contribution is 5.99. The number of hydrogen-bond acceptors (Lipinski definition) is 4. The number of rotatable bonds is 2. The van der Waals surface area contributed by atoms with Crippen LogP contribution in [-0.2, 0) is 29.5 Å². The van der Waals surface area contributed by atoms with E-state index >= 15 is 0 Å². The zero-order valence-electron chi connectivity index (χ0n) is 16.7. The van der Waals surface area contributed by atoms with E-state index in [-0.39, 0.29) is 5.91 Å². The van der Waals surface area contributed by atoms with Crippen molar-refractivity contribution in [2.75, 3.05) is 46.1 Å². The van der Waals surface area contributed by atoms with Crippen molar-refractivity contribution in [3.8, 4) is 0 Å². The average Bonchev–Trinajstić information content (AvgIpc) is 3.05. The third kappa shape index (κ3) is 3.13. The Morgan fingerprint density at radius 2 is 1.79 bits per heavy atom. The first kappa shape index (κ1) is 18.2. The lowest BCUT2D eigenvalue weighted by Gasteiger charge is -2.37. The second-order valence-electron chi connectivity index (χ2n) is 8.18. The van der Waals surface area contributed by atoms with Gasteiger partial charge in [0.1, 0.15) is 0 Å². The molecular formula is C22H29N3O3. The standard InChI is InChI=1S/C22H29N3O3/c1-23-20-3-2-16(22(26)24-8-12-28-13-9-24)14-18(20)19-15-25(7-4-21(19)23)17-5-10-27-11-6-17/h2-3,14,17H,4-13,15H2,1H3. The third-order valence-electron chi connectivity index (χ3n) is 6.69. The number of morpholine rings is 1. The highest BCUT2D eigenvalue weighted by atomic mass is 16.5. The molecule has 1 aromatic carbocycles. The smallest absolute Gasteiger partial charge is 0.254 e. The van der Waals surface area contributed by atoms with Crippen LogP contribution in [0.2, 0.25) is 0 Å². The van der Waals surface area contributed by atoms with Crippen molar-refractivity contribution in [3.63, 3.8) is 0 Å². The Kier molecular flexibility index (Phi) is 4.87. The van der Waals surface area contributed by atoms with Crippen LogP contribution in [0.3, 0.4) is 0 Å². The van der Waals surface area contributed by atoms with Gasteiger partial charge in [-0.15, -0.1) is 0 Å². The number of fused-ring (bicyclic) bond motifs is 3. The van der Waals surface area contributed by atoms with Gasteiger partial charge >= 0.3 is 0 Å². The summed E-state index contributed by atoms with van der Waals surface area (Å²) in [4.78, 5) is 17.5. The van der Waals surface area contributed by atoms with Gasteiger partial charge in [-0.05, 0) is 36.6 Å². The van der Waals surface area contributed by atoms with Crippen molar-refractivity contribution in [1.82, 2.24) is 14.4 Å². The summed E-state index contributed by atoms with van der Waals surface area (Å²) < 4.78 is 13.3. The summed E-state index contributed by atoms with van der Waals surface area (Å²) in [5.41, 5.74) is 4.87. The molecule has 0 N–H and O–H groups in total. The average molecular weight is 383 g/mol. The molecule has 2 fully saturated rings. The molecule has 5 rings (SSSR count). The first-order valence-electron chi connectivity index (χ1n) is 10.5. The maximum atomic E-state index is 13.0. The monoisotopic (exact) mass is 383 g/mol. The summed E-state index contributed by atoms with van der Waals surface area (Å²) in [6.45, 7) is 6.48. The predicted octanol–water partition coefficient (Wildman–Crippen LogP) is 2.19. The van der Waals surface area contributed by atoms with Crippen molar-refractivity contribution < 1.29 is 14.3 Å². The molecule has 2 aromatic rings. The molecule has 0 atom stereocenters. The molecule has 3 aliphatic rings. The van der Waals surface area contributed by atoms with Gasteiger partial charge in [-0.3, -0.25) is 9.69 Å². The molecule has 1 aromatic heterocycles. The summed E-state index contributed by atoms with van der Waals surface area (Å²) in [7, 11) is 2.16. The lowest BCUT2D eigenvalue weighted by Crippen LogP contribution is -2.42. The van der Waals surface area contributed by atoms with Crippen LogP contribution >= 0.6 is 0 Å². The Labute approximate surface area is 166 Å². The van der Waals surface area contributed by atoms with Gasteiger partial charge in [-0.25, -0.2) is 0 Å². The molecule has 0 unspecified atom stereocenters. The molecule has 3 aliphatic heterocycles. The molecule has 0 radical (unpaired) electrons. The third-order valence-corrected chi connectivity index (χ3v) is 6.69. The Morgan fingerprint density at radius 3 is 2.57 bits per heavy atom.